The Bertz CT molecular complexity index is 215. The highest BCUT2D eigenvalue weighted by Crippen LogP contribution is 2.44. The lowest BCUT2D eigenvalue weighted by Gasteiger charge is -2.31. The molecule has 80 valence electrons. The molecule has 2 rings (SSSR count). The average Bonchev–Trinajstić information content (AvgIpc) is 2.42. The third kappa shape index (κ3) is 1.65. The Hall–Kier alpha value is -0.570. The summed E-state index contributed by atoms with van der Waals surface area (Å²) in [6.45, 7) is 2.36. The van der Waals surface area contributed by atoms with Crippen molar-refractivity contribution in [1.82, 2.24) is 0 Å². The van der Waals surface area contributed by atoms with Crippen LogP contribution < -0.4 is 5.73 Å². The van der Waals surface area contributed by atoms with Gasteiger partial charge in [0.25, 0.3) is 0 Å². The number of ether oxygens (including phenoxy) is 1. The number of rotatable bonds is 2. The first kappa shape index (κ1) is 9.97. The highest BCUT2D eigenvalue weighted by molar-refractivity contribution is 5.72. The number of hydrogen-bond acceptors (Lipinski definition) is 3. The van der Waals surface area contributed by atoms with Crippen LogP contribution in [0.2, 0.25) is 0 Å². The number of nitrogens with two attached hydrogens (primary N) is 1. The van der Waals surface area contributed by atoms with Crippen LogP contribution in [0.3, 0.4) is 0 Å². The predicted molar refractivity (Wildman–Crippen MR) is 53.5 cm³/mol. The van der Waals surface area contributed by atoms with Crippen molar-refractivity contribution in [3.8, 4) is 0 Å². The Morgan fingerprint density at radius 3 is 2.43 bits per heavy atom. The van der Waals surface area contributed by atoms with E-state index in [-0.39, 0.29) is 11.9 Å². The Balaban J connectivity index is 1.95. The largest absolute Gasteiger partial charge is 0.466 e. The van der Waals surface area contributed by atoms with Crippen molar-refractivity contribution in [1.29, 1.82) is 0 Å². The first-order valence-corrected chi connectivity index (χ1v) is 5.64. The monoisotopic (exact) mass is 197 g/mol. The summed E-state index contributed by atoms with van der Waals surface area (Å²) in [4.78, 5) is 11.6. The molecule has 14 heavy (non-hydrogen) atoms. The van der Waals surface area contributed by atoms with Crippen LogP contribution in [-0.2, 0) is 9.53 Å². The van der Waals surface area contributed by atoms with E-state index in [0.29, 0.717) is 24.5 Å². The van der Waals surface area contributed by atoms with Crippen molar-refractivity contribution in [2.45, 2.75) is 38.6 Å². The zero-order valence-electron chi connectivity index (χ0n) is 8.74. The second-order valence-electron chi connectivity index (χ2n) is 4.60. The van der Waals surface area contributed by atoms with Gasteiger partial charge in [0, 0.05) is 6.04 Å². The molecule has 0 spiro atoms. The van der Waals surface area contributed by atoms with Gasteiger partial charge in [-0.1, -0.05) is 0 Å². The van der Waals surface area contributed by atoms with Crippen LogP contribution in [0.25, 0.3) is 0 Å². The second-order valence-corrected chi connectivity index (χ2v) is 4.60. The molecular formula is C11H19NO2. The van der Waals surface area contributed by atoms with Crippen LogP contribution in [0.4, 0.5) is 0 Å². The molecule has 0 aromatic rings. The van der Waals surface area contributed by atoms with Gasteiger partial charge in [-0.15, -0.1) is 0 Å². The fourth-order valence-corrected chi connectivity index (χ4v) is 3.03. The number of carbonyl (C=O) groups excluding carboxylic acids is 1. The molecule has 2 atom stereocenters. The summed E-state index contributed by atoms with van der Waals surface area (Å²) in [6.07, 6.45) is 4.33. The summed E-state index contributed by atoms with van der Waals surface area (Å²) >= 11 is 0. The van der Waals surface area contributed by atoms with E-state index in [2.05, 4.69) is 0 Å². The molecule has 3 heteroatoms. The molecule has 2 bridgehead atoms. The lowest BCUT2D eigenvalue weighted by atomic mass is 9.78. The highest BCUT2D eigenvalue weighted by atomic mass is 16.5. The molecule has 2 aliphatic carbocycles. The van der Waals surface area contributed by atoms with Crippen LogP contribution in [0, 0.1) is 17.8 Å². The van der Waals surface area contributed by atoms with Crippen LogP contribution >= 0.6 is 0 Å². The van der Waals surface area contributed by atoms with E-state index in [1.54, 1.807) is 0 Å². The van der Waals surface area contributed by atoms with Gasteiger partial charge in [-0.25, -0.2) is 0 Å². The van der Waals surface area contributed by atoms with Gasteiger partial charge in [0.2, 0.25) is 0 Å². The van der Waals surface area contributed by atoms with Gasteiger partial charge in [0.1, 0.15) is 0 Å². The van der Waals surface area contributed by atoms with E-state index in [4.69, 9.17) is 10.5 Å². The highest BCUT2D eigenvalue weighted by Gasteiger charge is 2.43. The van der Waals surface area contributed by atoms with Crippen molar-refractivity contribution >= 4 is 5.97 Å². The van der Waals surface area contributed by atoms with Gasteiger partial charge >= 0.3 is 5.97 Å². The van der Waals surface area contributed by atoms with E-state index in [1.165, 1.54) is 12.8 Å². The van der Waals surface area contributed by atoms with Gasteiger partial charge in [-0.3, -0.25) is 4.79 Å². The van der Waals surface area contributed by atoms with E-state index in [9.17, 15) is 4.79 Å². The van der Waals surface area contributed by atoms with Crippen molar-refractivity contribution < 1.29 is 9.53 Å². The molecular weight excluding hydrogens is 178 g/mol. The van der Waals surface area contributed by atoms with Crippen LogP contribution in [-0.4, -0.2) is 18.6 Å². The lowest BCUT2D eigenvalue weighted by molar-refractivity contribution is -0.150. The predicted octanol–water partition coefficient (Wildman–Crippen LogP) is 1.31. The maximum Gasteiger partial charge on any atom is 0.308 e. The van der Waals surface area contributed by atoms with Crippen molar-refractivity contribution in [2.24, 2.45) is 23.5 Å². The van der Waals surface area contributed by atoms with E-state index in [0.717, 1.165) is 12.8 Å². The normalized spacial score (nSPS) is 41.0. The van der Waals surface area contributed by atoms with E-state index in [1.807, 2.05) is 6.92 Å². The van der Waals surface area contributed by atoms with Gasteiger partial charge < -0.3 is 10.5 Å². The summed E-state index contributed by atoms with van der Waals surface area (Å²) in [5.41, 5.74) is 6.07. The Labute approximate surface area is 85.0 Å². The number of hydrogen-bond donors (Lipinski definition) is 1. The minimum atomic E-state index is -0.00343. The van der Waals surface area contributed by atoms with E-state index >= 15 is 0 Å². The third-order valence-electron chi connectivity index (χ3n) is 3.79. The first-order chi connectivity index (χ1) is 6.72. The minimum absolute atomic E-state index is 0.00343. The molecule has 2 N–H and O–H groups in total. The molecule has 0 aromatic heterocycles. The third-order valence-corrected chi connectivity index (χ3v) is 3.79. The summed E-state index contributed by atoms with van der Waals surface area (Å²) in [5.74, 6) is 1.27. The smallest absolute Gasteiger partial charge is 0.308 e. The Morgan fingerprint density at radius 1 is 1.36 bits per heavy atom. The van der Waals surface area contributed by atoms with Crippen LogP contribution in [0.1, 0.15) is 32.6 Å². The topological polar surface area (TPSA) is 52.3 Å². The standard InChI is InChI=1S/C11H19NO2/c1-2-14-11(13)9-5-7-3-4-8(6-9)10(7)12/h7-10H,2-6,12H2,1H3. The Morgan fingerprint density at radius 2 is 1.93 bits per heavy atom. The molecule has 2 unspecified atom stereocenters. The first-order valence-electron chi connectivity index (χ1n) is 5.64. The fraction of sp³-hybridized carbons (Fsp3) is 0.909. The zero-order valence-corrected chi connectivity index (χ0v) is 8.74. The average molecular weight is 197 g/mol. The number of esters is 1. The summed E-state index contributed by atoms with van der Waals surface area (Å²) < 4.78 is 5.06. The minimum Gasteiger partial charge on any atom is -0.466 e. The maximum absolute atomic E-state index is 11.6. The molecule has 2 aliphatic rings. The van der Waals surface area contributed by atoms with Crippen LogP contribution in [0.5, 0.6) is 0 Å². The van der Waals surface area contributed by atoms with Crippen LogP contribution in [0.15, 0.2) is 0 Å². The quantitative estimate of drug-likeness (QED) is 0.679. The molecule has 0 aromatic carbocycles. The van der Waals surface area contributed by atoms with Crippen molar-refractivity contribution in [2.75, 3.05) is 6.61 Å². The molecule has 2 fully saturated rings. The zero-order chi connectivity index (χ0) is 10.1. The van der Waals surface area contributed by atoms with Gasteiger partial charge in [-0.2, -0.15) is 0 Å². The molecule has 0 radical (unpaired) electrons. The molecule has 3 nitrogen and oxygen atoms in total. The van der Waals surface area contributed by atoms with E-state index < -0.39 is 0 Å². The van der Waals surface area contributed by atoms with Crippen molar-refractivity contribution in [3.05, 3.63) is 0 Å². The van der Waals surface area contributed by atoms with Gasteiger partial charge in [0.15, 0.2) is 0 Å². The summed E-state index contributed by atoms with van der Waals surface area (Å²) in [5, 5.41) is 0. The molecule has 0 saturated heterocycles. The fourth-order valence-electron chi connectivity index (χ4n) is 3.03. The SMILES string of the molecule is CCOC(=O)C1CC2CCC(C1)C2N. The molecule has 0 aliphatic heterocycles. The van der Waals surface area contributed by atoms with Gasteiger partial charge in [-0.05, 0) is 44.4 Å². The lowest BCUT2D eigenvalue weighted by Crippen LogP contribution is -2.40. The number of fused-ring (bicyclic) bond motifs is 2. The van der Waals surface area contributed by atoms with Gasteiger partial charge in [0.05, 0.1) is 12.5 Å². The number of carbonyl (C=O) groups is 1. The summed E-state index contributed by atoms with van der Waals surface area (Å²) in [7, 11) is 0. The molecule has 0 heterocycles. The Kier molecular flexibility index (Phi) is 2.77. The molecule has 0 amide bonds. The second kappa shape index (κ2) is 3.89. The molecule has 2 saturated carbocycles. The maximum atomic E-state index is 11.6. The summed E-state index contributed by atoms with van der Waals surface area (Å²) in [6, 6.07) is 0.348. The van der Waals surface area contributed by atoms with Crippen molar-refractivity contribution in [3.63, 3.8) is 0 Å².